The first-order chi connectivity index (χ1) is 10.3. The van der Waals surface area contributed by atoms with Crippen molar-refractivity contribution >= 4 is 30.2 Å². The molecule has 1 aliphatic rings. The lowest BCUT2D eigenvalue weighted by Crippen LogP contribution is -2.46. The first kappa shape index (κ1) is 17.3. The Morgan fingerprint density at radius 1 is 1.23 bits per heavy atom. The maximum atomic E-state index is 12.3. The fraction of sp³-hybridized carbons (Fsp3) is 0.545. The number of hydrogen-bond acceptors (Lipinski definition) is 9. The van der Waals surface area contributed by atoms with Crippen LogP contribution in [0, 0.1) is 0 Å². The average Bonchev–Trinajstić information content (AvgIpc) is 2.62. The first-order valence-corrected chi connectivity index (χ1v) is 6.03. The van der Waals surface area contributed by atoms with Crippen LogP contribution in [0.3, 0.4) is 0 Å². The summed E-state index contributed by atoms with van der Waals surface area (Å²) in [4.78, 5) is 55.2. The third kappa shape index (κ3) is 4.68. The monoisotopic (exact) mass is 321 g/mol. The normalized spacial score (nSPS) is 20.1. The van der Waals surface area contributed by atoms with Crippen LogP contribution in [0.1, 0.15) is 26.2 Å². The Morgan fingerprint density at radius 3 is 2.41 bits per heavy atom. The van der Waals surface area contributed by atoms with Crippen LogP contribution >= 0.6 is 0 Å². The van der Waals surface area contributed by atoms with Gasteiger partial charge < -0.3 is 18.9 Å². The summed E-state index contributed by atoms with van der Waals surface area (Å²) in [5.41, 5.74) is 0. The molecular formula is C11H12FNO9. The Kier molecular flexibility index (Phi) is 5.78. The molecule has 0 bridgehead atoms. The van der Waals surface area contributed by atoms with Crippen LogP contribution in [0.4, 0.5) is 14.0 Å². The van der Waals surface area contributed by atoms with Crippen LogP contribution in [-0.4, -0.2) is 42.7 Å². The Bertz CT molecular complexity index is 506. The van der Waals surface area contributed by atoms with Gasteiger partial charge in [0.2, 0.25) is 12.7 Å². The van der Waals surface area contributed by atoms with Gasteiger partial charge in [0, 0.05) is 6.42 Å². The lowest BCUT2D eigenvalue weighted by molar-refractivity contribution is -0.192. The van der Waals surface area contributed by atoms with Crippen molar-refractivity contribution in [2.75, 3.05) is 6.79 Å². The maximum absolute atomic E-state index is 12.3. The number of rotatable bonds is 6. The number of carbonyl (C=O) groups excluding carboxylic acids is 5. The van der Waals surface area contributed by atoms with Crippen molar-refractivity contribution in [2.24, 2.45) is 0 Å². The number of amides is 2. The highest BCUT2D eigenvalue weighted by molar-refractivity contribution is 6.08. The van der Waals surface area contributed by atoms with Crippen molar-refractivity contribution < 1.29 is 47.3 Å². The van der Waals surface area contributed by atoms with Gasteiger partial charge in [0.05, 0.1) is 0 Å². The topological polar surface area (TPSA) is 134 Å². The van der Waals surface area contributed by atoms with Gasteiger partial charge in [-0.25, -0.2) is 9.59 Å². The number of nitrogens with one attached hydrogen (secondary N) is 1. The zero-order valence-electron chi connectivity index (χ0n) is 11.4. The zero-order valence-corrected chi connectivity index (χ0v) is 11.4. The average molecular weight is 321 g/mol. The summed E-state index contributed by atoms with van der Waals surface area (Å²) >= 11 is 0. The SMILES string of the molecule is CCCC(=O)OCOC(=O)OC1(OC(=O)F)CC(=O)NC1=O. The lowest BCUT2D eigenvalue weighted by atomic mass is 10.2. The minimum atomic E-state index is -2.78. The molecule has 1 rings (SSSR count). The highest BCUT2D eigenvalue weighted by Gasteiger charge is 2.55. The Labute approximate surface area is 122 Å². The van der Waals surface area contributed by atoms with Gasteiger partial charge in [-0.1, -0.05) is 6.92 Å². The molecule has 0 aromatic rings. The van der Waals surface area contributed by atoms with E-state index in [9.17, 15) is 28.4 Å². The molecule has 0 saturated carbocycles. The highest BCUT2D eigenvalue weighted by atomic mass is 19.1. The molecule has 1 unspecified atom stereocenters. The summed E-state index contributed by atoms with van der Waals surface area (Å²) in [5.74, 6) is -5.72. The lowest BCUT2D eigenvalue weighted by Gasteiger charge is -2.22. The fourth-order valence-corrected chi connectivity index (χ4v) is 1.46. The van der Waals surface area contributed by atoms with Crippen molar-refractivity contribution in [1.29, 1.82) is 0 Å². The van der Waals surface area contributed by atoms with E-state index in [1.165, 1.54) is 0 Å². The summed E-state index contributed by atoms with van der Waals surface area (Å²) in [6, 6.07) is 0. The standard InChI is InChI=1S/C11H12FNO9/c1-2-3-7(15)19-5-20-10(18)22-11(21-9(12)17)4-6(14)13-8(11)16/h2-5H2,1H3,(H,13,14,16). The van der Waals surface area contributed by atoms with Crippen LogP contribution in [-0.2, 0) is 33.3 Å². The summed E-state index contributed by atoms with van der Waals surface area (Å²) in [6.07, 6.45) is -4.35. The Morgan fingerprint density at radius 2 is 1.91 bits per heavy atom. The molecule has 1 fully saturated rings. The van der Waals surface area contributed by atoms with Gasteiger partial charge in [-0.2, -0.15) is 0 Å². The molecule has 0 spiro atoms. The number of imide groups is 1. The van der Waals surface area contributed by atoms with E-state index in [0.717, 1.165) is 0 Å². The van der Waals surface area contributed by atoms with E-state index in [1.54, 1.807) is 12.2 Å². The zero-order chi connectivity index (χ0) is 16.8. The molecule has 10 nitrogen and oxygen atoms in total. The summed E-state index contributed by atoms with van der Waals surface area (Å²) in [7, 11) is 0. The summed E-state index contributed by atoms with van der Waals surface area (Å²) in [6.45, 7) is 0.897. The number of esters is 1. The van der Waals surface area contributed by atoms with Crippen LogP contribution in [0.15, 0.2) is 0 Å². The largest absolute Gasteiger partial charge is 0.514 e. The predicted molar refractivity (Wildman–Crippen MR) is 61.5 cm³/mol. The molecule has 11 heteroatoms. The van der Waals surface area contributed by atoms with E-state index in [2.05, 4.69) is 18.9 Å². The Hall–Kier alpha value is -2.72. The second kappa shape index (κ2) is 7.33. The molecule has 1 saturated heterocycles. The molecular weight excluding hydrogens is 309 g/mol. The third-order valence-electron chi connectivity index (χ3n) is 2.34. The van der Waals surface area contributed by atoms with Crippen molar-refractivity contribution in [3.8, 4) is 0 Å². The third-order valence-corrected chi connectivity index (χ3v) is 2.34. The molecule has 22 heavy (non-hydrogen) atoms. The van der Waals surface area contributed by atoms with Crippen molar-refractivity contribution in [3.05, 3.63) is 0 Å². The molecule has 1 heterocycles. The van der Waals surface area contributed by atoms with Crippen LogP contribution in [0.5, 0.6) is 0 Å². The Balaban J connectivity index is 2.58. The first-order valence-electron chi connectivity index (χ1n) is 6.03. The minimum Gasteiger partial charge on any atom is -0.428 e. The van der Waals surface area contributed by atoms with Gasteiger partial charge in [-0.3, -0.25) is 19.7 Å². The number of halogens is 1. The minimum absolute atomic E-state index is 0.0959. The summed E-state index contributed by atoms with van der Waals surface area (Å²) < 4.78 is 29.4. The number of ether oxygens (including phenoxy) is 4. The molecule has 1 N–H and O–H groups in total. The van der Waals surface area contributed by atoms with E-state index in [0.29, 0.717) is 6.42 Å². The van der Waals surface area contributed by atoms with E-state index in [-0.39, 0.29) is 6.42 Å². The quantitative estimate of drug-likeness (QED) is 0.317. The van der Waals surface area contributed by atoms with Crippen LogP contribution in [0.2, 0.25) is 0 Å². The van der Waals surface area contributed by atoms with Gasteiger partial charge in [0.15, 0.2) is 0 Å². The number of carbonyl (C=O) groups is 5. The predicted octanol–water partition coefficient (Wildman–Crippen LogP) is 0.289. The van der Waals surface area contributed by atoms with Gasteiger partial charge in [-0.05, 0) is 6.42 Å². The molecule has 122 valence electrons. The second-order valence-corrected chi connectivity index (χ2v) is 4.03. The van der Waals surface area contributed by atoms with Crippen LogP contribution in [0.25, 0.3) is 0 Å². The van der Waals surface area contributed by atoms with Crippen molar-refractivity contribution in [1.82, 2.24) is 5.32 Å². The molecule has 2 amide bonds. The summed E-state index contributed by atoms with van der Waals surface area (Å²) in [5, 5.41) is 1.67. The van der Waals surface area contributed by atoms with Gasteiger partial charge >= 0.3 is 30.0 Å². The number of hydrogen-bond donors (Lipinski definition) is 1. The van der Waals surface area contributed by atoms with E-state index >= 15 is 0 Å². The van der Waals surface area contributed by atoms with E-state index in [4.69, 9.17) is 0 Å². The molecule has 1 atom stereocenters. The van der Waals surface area contributed by atoms with E-state index < -0.39 is 49.2 Å². The smallest absolute Gasteiger partial charge is 0.428 e. The van der Waals surface area contributed by atoms with E-state index in [1.807, 2.05) is 0 Å². The molecule has 0 aromatic heterocycles. The molecule has 0 radical (unpaired) electrons. The fourth-order valence-electron chi connectivity index (χ4n) is 1.46. The maximum Gasteiger partial charge on any atom is 0.514 e. The molecule has 0 aromatic carbocycles. The van der Waals surface area contributed by atoms with Gasteiger partial charge in [0.1, 0.15) is 6.42 Å². The molecule has 1 aliphatic heterocycles. The molecule has 0 aliphatic carbocycles. The second-order valence-electron chi connectivity index (χ2n) is 4.03. The van der Waals surface area contributed by atoms with Crippen molar-refractivity contribution in [2.45, 2.75) is 32.0 Å². The van der Waals surface area contributed by atoms with Crippen molar-refractivity contribution in [3.63, 3.8) is 0 Å². The highest BCUT2D eigenvalue weighted by Crippen LogP contribution is 2.25. The van der Waals surface area contributed by atoms with Gasteiger partial charge in [0.25, 0.3) is 0 Å². The van der Waals surface area contributed by atoms with Gasteiger partial charge in [-0.15, -0.1) is 4.39 Å². The van der Waals surface area contributed by atoms with Crippen LogP contribution < -0.4 is 5.32 Å².